The molecular formula is C42H56N2S. The number of rotatable bonds is 18. The van der Waals surface area contributed by atoms with Gasteiger partial charge in [-0.2, -0.15) is 0 Å². The second kappa shape index (κ2) is 16.9. The molecule has 4 rings (SSSR count). The van der Waals surface area contributed by atoms with Crippen LogP contribution in [0.15, 0.2) is 89.8 Å². The fraction of sp³-hybridized carbons (Fsp3) is 0.429. The number of benzene rings is 3. The summed E-state index contributed by atoms with van der Waals surface area (Å²) in [4.78, 5) is 7.13. The first kappa shape index (κ1) is 34.7. The highest BCUT2D eigenvalue weighted by Gasteiger charge is 2.24. The highest BCUT2D eigenvalue weighted by Crippen LogP contribution is 2.50. The summed E-state index contributed by atoms with van der Waals surface area (Å²) >= 11 is 1.90. The van der Waals surface area contributed by atoms with E-state index in [1.165, 1.54) is 126 Å². The van der Waals surface area contributed by atoms with Crippen LogP contribution in [0.25, 0.3) is 11.1 Å². The third-order valence-corrected chi connectivity index (χ3v) is 10.1. The summed E-state index contributed by atoms with van der Waals surface area (Å²) < 4.78 is 0. The molecule has 1 aliphatic rings. The molecule has 3 heteroatoms. The van der Waals surface area contributed by atoms with Crippen LogP contribution >= 0.6 is 11.8 Å². The average Bonchev–Trinajstić information content (AvgIpc) is 3.01. The van der Waals surface area contributed by atoms with Crippen LogP contribution in [0.5, 0.6) is 0 Å². The minimum absolute atomic E-state index is 1.06. The minimum atomic E-state index is 1.06. The molecule has 3 aromatic carbocycles. The summed E-state index contributed by atoms with van der Waals surface area (Å²) in [7, 11) is 4.21. The van der Waals surface area contributed by atoms with Gasteiger partial charge in [-0.3, -0.25) is 0 Å². The van der Waals surface area contributed by atoms with Gasteiger partial charge in [0.1, 0.15) is 0 Å². The second-order valence-corrected chi connectivity index (χ2v) is 14.4. The quantitative estimate of drug-likeness (QED) is 0.131. The molecule has 1 aliphatic heterocycles. The Morgan fingerprint density at radius 1 is 0.578 bits per heavy atom. The molecule has 3 aromatic rings. The van der Waals surface area contributed by atoms with Crippen LogP contribution in [0.1, 0.15) is 114 Å². The number of hydrogen-bond donors (Lipinski definition) is 0. The number of nitrogens with zero attached hydrogens (tertiary/aromatic N) is 2. The van der Waals surface area contributed by atoms with Crippen molar-refractivity contribution in [1.82, 2.24) is 0 Å². The third kappa shape index (κ3) is 9.66. The zero-order valence-electron chi connectivity index (χ0n) is 28.8. The first-order valence-corrected chi connectivity index (χ1v) is 18.0. The molecule has 0 saturated heterocycles. The van der Waals surface area contributed by atoms with E-state index in [1.807, 2.05) is 11.8 Å². The Balaban J connectivity index is 1.08. The Kier molecular flexibility index (Phi) is 13.1. The number of anilines is 3. The van der Waals surface area contributed by atoms with Gasteiger partial charge in [0.05, 0.1) is 11.4 Å². The Morgan fingerprint density at radius 2 is 1.04 bits per heavy atom. The molecule has 2 nitrogen and oxygen atoms in total. The number of unbranched alkanes of at least 4 members (excludes halogenated alkanes) is 10. The molecule has 0 aliphatic carbocycles. The number of fused-ring (bicyclic) bond motifs is 2. The molecule has 0 aromatic heterocycles. The van der Waals surface area contributed by atoms with E-state index in [2.05, 4.69) is 119 Å². The van der Waals surface area contributed by atoms with E-state index in [0.29, 0.717) is 0 Å². The van der Waals surface area contributed by atoms with Gasteiger partial charge in [0.15, 0.2) is 0 Å². The van der Waals surface area contributed by atoms with Gasteiger partial charge in [-0.15, -0.1) is 0 Å². The molecule has 0 N–H and O–H groups in total. The van der Waals surface area contributed by atoms with Gasteiger partial charge in [-0.25, -0.2) is 0 Å². The van der Waals surface area contributed by atoms with Crippen molar-refractivity contribution in [2.45, 2.75) is 114 Å². The molecule has 0 atom stereocenters. The van der Waals surface area contributed by atoms with Crippen molar-refractivity contribution in [3.8, 4) is 0 Å². The number of allylic oxidation sites excluding steroid dienone is 3. The smallest absolute Gasteiger partial charge is 0.0599 e. The highest BCUT2D eigenvalue weighted by molar-refractivity contribution is 7.99. The Hall–Kier alpha value is -3.17. The summed E-state index contributed by atoms with van der Waals surface area (Å²) in [6.45, 7) is 18.9. The molecule has 1 heterocycles. The van der Waals surface area contributed by atoms with Gasteiger partial charge in [0, 0.05) is 35.3 Å². The zero-order chi connectivity index (χ0) is 32.3. The molecule has 240 valence electrons. The first-order valence-electron chi connectivity index (χ1n) is 17.2. The largest absolute Gasteiger partial charge is 0.378 e. The topological polar surface area (TPSA) is 6.48 Å². The predicted octanol–water partition coefficient (Wildman–Crippen LogP) is 13.0. The van der Waals surface area contributed by atoms with Gasteiger partial charge in [0.2, 0.25) is 0 Å². The van der Waals surface area contributed by atoms with Crippen LogP contribution in [0.3, 0.4) is 0 Å². The lowest BCUT2D eigenvalue weighted by Gasteiger charge is -2.34. The van der Waals surface area contributed by atoms with Crippen molar-refractivity contribution in [1.29, 1.82) is 0 Å². The maximum absolute atomic E-state index is 4.30. The van der Waals surface area contributed by atoms with Gasteiger partial charge in [0.25, 0.3) is 0 Å². The molecule has 0 saturated carbocycles. The lowest BCUT2D eigenvalue weighted by molar-refractivity contribution is 0.545. The molecule has 0 amide bonds. The van der Waals surface area contributed by atoms with E-state index in [-0.39, 0.29) is 0 Å². The molecule has 0 bridgehead atoms. The van der Waals surface area contributed by atoms with Gasteiger partial charge in [-0.1, -0.05) is 125 Å². The van der Waals surface area contributed by atoms with E-state index in [4.69, 9.17) is 0 Å². The molecule has 0 spiro atoms. The van der Waals surface area contributed by atoms with Crippen LogP contribution in [0.2, 0.25) is 0 Å². The molecule has 0 fully saturated rings. The van der Waals surface area contributed by atoms with E-state index >= 15 is 0 Å². The summed E-state index contributed by atoms with van der Waals surface area (Å²) in [5.41, 5.74) is 12.4. The van der Waals surface area contributed by atoms with E-state index in [1.54, 1.807) is 0 Å². The summed E-state index contributed by atoms with van der Waals surface area (Å²) in [5, 5.41) is 0. The number of hydrogen-bond acceptors (Lipinski definition) is 3. The van der Waals surface area contributed by atoms with Crippen LogP contribution in [-0.4, -0.2) is 14.1 Å². The van der Waals surface area contributed by atoms with Gasteiger partial charge < -0.3 is 9.80 Å². The number of aryl methyl sites for hydroxylation is 2. The van der Waals surface area contributed by atoms with Crippen LogP contribution in [0.4, 0.5) is 17.1 Å². The zero-order valence-corrected chi connectivity index (χ0v) is 29.6. The van der Waals surface area contributed by atoms with E-state index in [9.17, 15) is 0 Å². The molecular weight excluding hydrogens is 565 g/mol. The lowest BCUT2D eigenvalue weighted by Crippen LogP contribution is -2.18. The maximum Gasteiger partial charge on any atom is 0.0599 e. The van der Waals surface area contributed by atoms with Crippen molar-refractivity contribution in [3.63, 3.8) is 0 Å². The Labute approximate surface area is 279 Å². The fourth-order valence-corrected chi connectivity index (χ4v) is 7.56. The van der Waals surface area contributed by atoms with E-state index < -0.39 is 0 Å². The maximum atomic E-state index is 4.30. The first-order chi connectivity index (χ1) is 21.7. The van der Waals surface area contributed by atoms with E-state index in [0.717, 1.165) is 23.3 Å². The Morgan fingerprint density at radius 3 is 1.56 bits per heavy atom. The summed E-state index contributed by atoms with van der Waals surface area (Å²) in [5.74, 6) is 0. The van der Waals surface area contributed by atoms with Crippen LogP contribution in [-0.2, 0) is 12.8 Å². The SMILES string of the molecule is C=C(C)c1ccc(CCCCCCCCCCCCCc2ccc3c(c2)Sc2cc(N(C)C)ccc2N3C(=C)C)cc1C(=C)C. The van der Waals surface area contributed by atoms with Crippen molar-refractivity contribution in [2.24, 2.45) is 0 Å². The van der Waals surface area contributed by atoms with Crippen LogP contribution < -0.4 is 9.80 Å². The van der Waals surface area contributed by atoms with Gasteiger partial charge in [-0.05, 0) is 99.0 Å². The molecule has 0 radical (unpaired) electrons. The molecule has 45 heavy (non-hydrogen) atoms. The van der Waals surface area contributed by atoms with Crippen molar-refractivity contribution in [3.05, 3.63) is 102 Å². The van der Waals surface area contributed by atoms with Crippen molar-refractivity contribution >= 4 is 40.0 Å². The van der Waals surface area contributed by atoms with Crippen LogP contribution in [0, 0.1) is 0 Å². The van der Waals surface area contributed by atoms with Gasteiger partial charge >= 0.3 is 0 Å². The highest BCUT2D eigenvalue weighted by atomic mass is 32.2. The minimum Gasteiger partial charge on any atom is -0.378 e. The predicted molar refractivity (Wildman–Crippen MR) is 202 cm³/mol. The fourth-order valence-electron chi connectivity index (χ4n) is 6.41. The summed E-state index contributed by atoms with van der Waals surface area (Å²) in [6, 6.07) is 20.6. The normalized spacial score (nSPS) is 12.1. The van der Waals surface area contributed by atoms with Crippen molar-refractivity contribution in [2.75, 3.05) is 23.9 Å². The summed E-state index contributed by atoms with van der Waals surface area (Å²) in [6.07, 6.45) is 17.2. The van der Waals surface area contributed by atoms with Crippen molar-refractivity contribution < 1.29 is 0 Å². The standard InChI is InChI=1S/C42H56N2S/c1-31(2)37-25-22-34(28-38(37)32(3)4)20-18-16-14-12-10-9-11-13-15-17-19-21-35-23-26-39-41(29-35)45-42-30-36(43(7)8)24-27-40(42)44(39)33(5)6/h22-30H,1,3,5,9-21H2,2,4,6-8H3. The average molecular weight is 621 g/mol. The molecule has 0 unspecified atom stereocenters. The lowest BCUT2D eigenvalue weighted by atomic mass is 9.93. The monoisotopic (exact) mass is 620 g/mol. The second-order valence-electron chi connectivity index (χ2n) is 13.4. The third-order valence-electron chi connectivity index (χ3n) is 9.00. The Bertz CT molecular complexity index is 1480.